The molecule has 1 aromatic rings. The third kappa shape index (κ3) is 10.7. The van der Waals surface area contributed by atoms with Crippen LogP contribution in [0.2, 0.25) is 0 Å². The number of piperidine rings is 2. The molecule has 0 radical (unpaired) electrons. The fourth-order valence-electron chi connectivity index (χ4n) is 8.97. The zero-order valence-corrected chi connectivity index (χ0v) is 30.3. The van der Waals surface area contributed by atoms with Crippen molar-refractivity contribution in [2.75, 3.05) is 38.5 Å². The molecule has 2 saturated carbocycles. The monoisotopic (exact) mass is 670 g/mol. The first-order chi connectivity index (χ1) is 22.7. The number of rotatable bonds is 10. The van der Waals surface area contributed by atoms with Crippen LogP contribution in [-0.4, -0.2) is 107 Å². The van der Waals surface area contributed by atoms with E-state index in [1.807, 2.05) is 25.1 Å². The number of nitrogens with zero attached hydrogens (tertiary/aromatic N) is 3. The third-order valence-electron chi connectivity index (χ3n) is 11.7. The lowest BCUT2D eigenvalue weighted by molar-refractivity contribution is -0.120. The Hall–Kier alpha value is -1.65. The standard InChI is InChI=1S/C22H34N2O2S.C16H28N2O2/c1-16-12-18-8-6-7-9-19(18)13-24(16)14-22(26)21(23-17(2)25)15-27-20-10-4-3-5-11-20;1-11-7-13-5-3-4-6-14(13)8-18(11)9-16(19)15-10-20-12(2)17-15/h3-5,10-11,16,18-19,21-22,26H,6-9,12-15H2,1-2H3,(H,23,25);11,13-16,19H,3-10H2,1-2H3/t16?,18-,19+,21?,22?;11?,13-,14+,15?,16?/m00/s1. The van der Waals surface area contributed by atoms with Gasteiger partial charge in [0.2, 0.25) is 5.91 Å². The normalized spacial score (nSPS) is 33.1. The first-order valence-corrected chi connectivity index (χ1v) is 19.6. The quantitative estimate of drug-likeness (QED) is 0.279. The Morgan fingerprint density at radius 3 is 2.00 bits per heavy atom. The number of aliphatic hydroxyl groups excluding tert-OH is 2. The summed E-state index contributed by atoms with van der Waals surface area (Å²) in [7, 11) is 0. The molecular weight excluding hydrogens is 609 g/mol. The van der Waals surface area contributed by atoms with Crippen molar-refractivity contribution in [2.24, 2.45) is 28.7 Å². The summed E-state index contributed by atoms with van der Waals surface area (Å²) in [6.45, 7) is 12.2. The van der Waals surface area contributed by atoms with E-state index in [1.165, 1.54) is 77.7 Å². The SMILES string of the molecule is CC(=O)NC(CSc1ccccc1)C(O)CN1C[C@H]2CCCC[C@H]2CC1C.CC1=NC(C(O)CN2C[C@H]3CCCC[C@H]3CC2C)CO1. The van der Waals surface area contributed by atoms with Gasteiger partial charge in [-0.25, -0.2) is 4.99 Å². The molecule has 4 fully saturated rings. The number of aliphatic imine (C=N–C) groups is 1. The molecule has 3 N–H and O–H groups in total. The van der Waals surface area contributed by atoms with Gasteiger partial charge in [0.15, 0.2) is 5.90 Å². The minimum absolute atomic E-state index is 0.0636. The molecule has 1 aromatic carbocycles. The lowest BCUT2D eigenvalue weighted by Crippen LogP contribution is -2.54. The zero-order valence-electron chi connectivity index (χ0n) is 29.4. The molecule has 8 nitrogen and oxygen atoms in total. The highest BCUT2D eigenvalue weighted by Gasteiger charge is 2.38. The molecule has 0 bridgehead atoms. The lowest BCUT2D eigenvalue weighted by atomic mass is 9.73. The molecule has 1 amide bonds. The smallest absolute Gasteiger partial charge is 0.217 e. The molecule has 5 aliphatic rings. The van der Waals surface area contributed by atoms with Gasteiger partial charge in [0, 0.05) is 62.8 Å². The van der Waals surface area contributed by atoms with E-state index in [2.05, 4.69) is 46.1 Å². The number of carbonyl (C=O) groups is 1. The van der Waals surface area contributed by atoms with Gasteiger partial charge in [-0.3, -0.25) is 14.6 Å². The minimum Gasteiger partial charge on any atom is -0.479 e. The summed E-state index contributed by atoms with van der Waals surface area (Å²) in [5.41, 5.74) is 0. The van der Waals surface area contributed by atoms with Crippen LogP contribution in [0.25, 0.3) is 0 Å². The van der Waals surface area contributed by atoms with Gasteiger partial charge in [-0.15, -0.1) is 11.8 Å². The molecule has 3 heterocycles. The van der Waals surface area contributed by atoms with E-state index in [0.717, 1.165) is 41.7 Å². The number of nitrogens with one attached hydrogen (secondary N) is 1. The molecule has 6 rings (SSSR count). The Morgan fingerprint density at radius 1 is 0.915 bits per heavy atom. The largest absolute Gasteiger partial charge is 0.479 e. The van der Waals surface area contributed by atoms with Gasteiger partial charge >= 0.3 is 0 Å². The highest BCUT2D eigenvalue weighted by Crippen LogP contribution is 2.39. The zero-order chi connectivity index (χ0) is 33.3. The second kappa shape index (κ2) is 17.8. The molecule has 2 aliphatic carbocycles. The van der Waals surface area contributed by atoms with Crippen LogP contribution in [0.4, 0.5) is 0 Å². The van der Waals surface area contributed by atoms with Crippen LogP contribution in [0, 0.1) is 23.7 Å². The van der Waals surface area contributed by atoms with E-state index in [-0.39, 0.29) is 18.0 Å². The summed E-state index contributed by atoms with van der Waals surface area (Å²) in [4.78, 5) is 22.2. The number of thioether (sulfide) groups is 1. The summed E-state index contributed by atoms with van der Waals surface area (Å²) < 4.78 is 5.36. The number of ether oxygens (including phenoxy) is 1. The second-order valence-corrected chi connectivity index (χ2v) is 16.4. The van der Waals surface area contributed by atoms with E-state index >= 15 is 0 Å². The van der Waals surface area contributed by atoms with Crippen LogP contribution in [0.15, 0.2) is 40.2 Å². The number of likely N-dealkylation sites (tertiary alicyclic amines) is 2. The maximum absolute atomic E-state index is 11.7. The molecule has 3 aliphatic heterocycles. The minimum atomic E-state index is -0.548. The summed E-state index contributed by atoms with van der Waals surface area (Å²) in [6.07, 6.45) is 12.7. The maximum atomic E-state index is 11.7. The molecular formula is C38H62N4O4S. The van der Waals surface area contributed by atoms with Crippen LogP contribution in [0.1, 0.15) is 91.9 Å². The average molecular weight is 671 g/mol. The molecule has 0 aromatic heterocycles. The number of hydrogen-bond donors (Lipinski definition) is 3. The number of fused-ring (bicyclic) bond motifs is 2. The first kappa shape index (κ1) is 36.6. The summed E-state index contributed by atoms with van der Waals surface area (Å²) in [6, 6.07) is 11.0. The summed E-state index contributed by atoms with van der Waals surface area (Å²) >= 11 is 1.69. The van der Waals surface area contributed by atoms with E-state index in [1.54, 1.807) is 11.8 Å². The Balaban J connectivity index is 0.000000193. The number of β-amino-alcohol motifs (C(OH)–C–C–N with tert-alkyl or cyclic N) is 2. The van der Waals surface area contributed by atoms with E-state index in [4.69, 9.17) is 4.74 Å². The second-order valence-electron chi connectivity index (χ2n) is 15.3. The predicted molar refractivity (Wildman–Crippen MR) is 192 cm³/mol. The Kier molecular flexibility index (Phi) is 13.9. The van der Waals surface area contributed by atoms with Crippen molar-refractivity contribution in [3.8, 4) is 0 Å². The summed E-state index contributed by atoms with van der Waals surface area (Å²) in [5.74, 6) is 4.78. The van der Waals surface area contributed by atoms with Gasteiger partial charge in [0.1, 0.15) is 12.6 Å². The van der Waals surface area contributed by atoms with Crippen LogP contribution in [0.3, 0.4) is 0 Å². The Labute approximate surface area is 288 Å². The van der Waals surface area contributed by atoms with E-state index < -0.39 is 12.2 Å². The van der Waals surface area contributed by atoms with Crippen molar-refractivity contribution < 1.29 is 19.7 Å². The van der Waals surface area contributed by atoms with Gasteiger partial charge in [-0.1, -0.05) is 56.7 Å². The number of hydrogen-bond acceptors (Lipinski definition) is 8. The van der Waals surface area contributed by atoms with Gasteiger partial charge in [0.25, 0.3) is 0 Å². The van der Waals surface area contributed by atoms with E-state index in [9.17, 15) is 15.0 Å². The van der Waals surface area contributed by atoms with Crippen LogP contribution < -0.4 is 5.32 Å². The van der Waals surface area contributed by atoms with Gasteiger partial charge in [0.05, 0.1) is 18.2 Å². The van der Waals surface area contributed by atoms with Crippen LogP contribution in [-0.2, 0) is 9.53 Å². The maximum Gasteiger partial charge on any atom is 0.217 e. The van der Waals surface area contributed by atoms with Crippen LogP contribution in [0.5, 0.6) is 0 Å². The van der Waals surface area contributed by atoms with Crippen molar-refractivity contribution in [3.63, 3.8) is 0 Å². The van der Waals surface area contributed by atoms with Crippen molar-refractivity contribution in [1.82, 2.24) is 15.1 Å². The highest BCUT2D eigenvalue weighted by atomic mass is 32.2. The van der Waals surface area contributed by atoms with Crippen molar-refractivity contribution >= 4 is 23.6 Å². The highest BCUT2D eigenvalue weighted by molar-refractivity contribution is 7.99. The van der Waals surface area contributed by atoms with Crippen LogP contribution >= 0.6 is 11.8 Å². The molecule has 10 atom stereocenters. The van der Waals surface area contributed by atoms with Crippen molar-refractivity contribution in [2.45, 2.75) is 133 Å². The van der Waals surface area contributed by atoms with E-state index in [0.29, 0.717) is 36.9 Å². The third-order valence-corrected chi connectivity index (χ3v) is 12.9. The van der Waals surface area contributed by atoms with Crippen molar-refractivity contribution in [1.29, 1.82) is 0 Å². The van der Waals surface area contributed by atoms with Gasteiger partial charge in [-0.2, -0.15) is 0 Å². The van der Waals surface area contributed by atoms with Crippen molar-refractivity contribution in [3.05, 3.63) is 30.3 Å². The number of aliphatic hydroxyl groups is 2. The predicted octanol–water partition coefficient (Wildman–Crippen LogP) is 5.61. The number of amides is 1. The lowest BCUT2D eigenvalue weighted by Gasteiger charge is -2.46. The van der Waals surface area contributed by atoms with Gasteiger partial charge in [-0.05, 0) is 75.3 Å². The summed E-state index contributed by atoms with van der Waals surface area (Å²) in [5, 5.41) is 24.3. The Morgan fingerprint density at radius 2 is 1.47 bits per heavy atom. The molecule has 264 valence electrons. The Bertz CT molecular complexity index is 1140. The fourth-order valence-corrected chi connectivity index (χ4v) is 10.00. The molecule has 47 heavy (non-hydrogen) atoms. The fraction of sp³-hybridized carbons (Fsp3) is 0.789. The molecule has 6 unspecified atom stereocenters. The van der Waals surface area contributed by atoms with Gasteiger partial charge < -0.3 is 20.3 Å². The molecule has 9 heteroatoms. The topological polar surface area (TPSA) is 97.6 Å². The average Bonchev–Trinajstić information content (AvgIpc) is 3.50. The molecule has 0 spiro atoms. The molecule has 2 saturated heterocycles. The number of carbonyl (C=O) groups excluding carboxylic acids is 1. The first-order valence-electron chi connectivity index (χ1n) is 18.6. The number of benzene rings is 1.